The molecule has 2 rings (SSSR count). The van der Waals surface area contributed by atoms with Gasteiger partial charge in [0.25, 0.3) is 0 Å². The molecule has 0 N–H and O–H groups in total. The molecule has 0 aromatic heterocycles. The van der Waals surface area contributed by atoms with Crippen LogP contribution in [0.25, 0.3) is 0 Å². The van der Waals surface area contributed by atoms with Crippen molar-refractivity contribution in [1.82, 2.24) is 0 Å². The first kappa shape index (κ1) is 13.3. The van der Waals surface area contributed by atoms with Gasteiger partial charge in [0.15, 0.2) is 5.78 Å². The lowest BCUT2D eigenvalue weighted by Crippen LogP contribution is -2.20. The average Bonchev–Trinajstić information content (AvgIpc) is 2.73. The second kappa shape index (κ2) is 4.87. The van der Waals surface area contributed by atoms with E-state index in [1.165, 1.54) is 35.1 Å². The van der Waals surface area contributed by atoms with Crippen LogP contribution in [0.5, 0.6) is 0 Å². The molecule has 98 valence electrons. The maximum absolute atomic E-state index is 12.8. The van der Waals surface area contributed by atoms with Crippen molar-refractivity contribution in [3.63, 3.8) is 0 Å². The molecule has 1 nitrogen and oxygen atoms in total. The fraction of sp³-hybridized carbons (Fsp3) is 0.588. The van der Waals surface area contributed by atoms with Crippen LogP contribution in [-0.2, 0) is 0 Å². The summed E-state index contributed by atoms with van der Waals surface area (Å²) in [5.74, 6) is 1.20. The molecule has 0 radical (unpaired) electrons. The van der Waals surface area contributed by atoms with Crippen molar-refractivity contribution in [2.24, 2.45) is 11.8 Å². The molecule has 0 saturated heterocycles. The predicted octanol–water partition coefficient (Wildman–Crippen LogP) is 4.54. The van der Waals surface area contributed by atoms with Gasteiger partial charge in [-0.05, 0) is 68.7 Å². The number of hydrogen-bond donors (Lipinski definition) is 0. The molecule has 1 heteroatoms. The fourth-order valence-corrected chi connectivity index (χ4v) is 3.31. The summed E-state index contributed by atoms with van der Waals surface area (Å²) in [4.78, 5) is 12.8. The Morgan fingerprint density at radius 3 is 2.06 bits per heavy atom. The maximum Gasteiger partial charge on any atom is 0.166 e. The Hall–Kier alpha value is -1.11. The zero-order valence-electron chi connectivity index (χ0n) is 12.3. The molecule has 0 spiro atoms. The minimum Gasteiger partial charge on any atom is -0.294 e. The van der Waals surface area contributed by atoms with Crippen LogP contribution in [0.1, 0.15) is 58.8 Å². The molecule has 1 aliphatic rings. The van der Waals surface area contributed by atoms with Gasteiger partial charge in [0.1, 0.15) is 0 Å². The SMILES string of the molecule is Cc1cc(C)c(C)c(C(=O)C2CCCC2C)c1C. The molecule has 1 fully saturated rings. The topological polar surface area (TPSA) is 17.1 Å². The predicted molar refractivity (Wildman–Crippen MR) is 76.2 cm³/mol. The summed E-state index contributed by atoms with van der Waals surface area (Å²) < 4.78 is 0. The highest BCUT2D eigenvalue weighted by molar-refractivity contribution is 6.01. The van der Waals surface area contributed by atoms with Crippen molar-refractivity contribution in [2.45, 2.75) is 53.9 Å². The van der Waals surface area contributed by atoms with E-state index in [1.54, 1.807) is 0 Å². The summed E-state index contributed by atoms with van der Waals surface area (Å²) in [7, 11) is 0. The Bertz CT molecular complexity index is 459. The fourth-order valence-electron chi connectivity index (χ4n) is 3.31. The van der Waals surface area contributed by atoms with Crippen LogP contribution in [0.2, 0.25) is 0 Å². The van der Waals surface area contributed by atoms with Crippen LogP contribution in [-0.4, -0.2) is 5.78 Å². The average molecular weight is 244 g/mol. The van der Waals surface area contributed by atoms with Gasteiger partial charge in [-0.2, -0.15) is 0 Å². The summed E-state index contributed by atoms with van der Waals surface area (Å²) in [6.45, 7) is 10.6. The largest absolute Gasteiger partial charge is 0.294 e. The number of rotatable bonds is 2. The number of benzene rings is 1. The standard InChI is InChI=1S/C17H24O/c1-10-7-6-8-15(10)17(18)16-13(4)11(2)9-12(3)14(16)5/h9-10,15H,6-8H2,1-5H3. The third kappa shape index (κ3) is 2.11. The summed E-state index contributed by atoms with van der Waals surface area (Å²) >= 11 is 0. The van der Waals surface area contributed by atoms with E-state index >= 15 is 0 Å². The van der Waals surface area contributed by atoms with Crippen molar-refractivity contribution in [3.05, 3.63) is 33.9 Å². The Morgan fingerprint density at radius 1 is 1.06 bits per heavy atom. The maximum atomic E-state index is 12.8. The number of hydrogen-bond acceptors (Lipinski definition) is 1. The zero-order chi connectivity index (χ0) is 13.4. The van der Waals surface area contributed by atoms with E-state index < -0.39 is 0 Å². The lowest BCUT2D eigenvalue weighted by Gasteiger charge is -2.19. The molecule has 2 unspecified atom stereocenters. The first-order valence-corrected chi connectivity index (χ1v) is 7.05. The summed E-state index contributed by atoms with van der Waals surface area (Å²) in [6.07, 6.45) is 3.49. The lowest BCUT2D eigenvalue weighted by molar-refractivity contribution is 0.0895. The second-order valence-corrected chi connectivity index (χ2v) is 6.01. The number of ketones is 1. The third-order valence-electron chi connectivity index (χ3n) is 4.81. The van der Waals surface area contributed by atoms with Crippen molar-refractivity contribution >= 4 is 5.78 Å². The zero-order valence-corrected chi connectivity index (χ0v) is 12.3. The van der Waals surface area contributed by atoms with Crippen molar-refractivity contribution in [1.29, 1.82) is 0 Å². The molecule has 1 aromatic rings. The van der Waals surface area contributed by atoms with E-state index in [1.807, 2.05) is 0 Å². The summed E-state index contributed by atoms with van der Waals surface area (Å²) in [5, 5.41) is 0. The molecule has 0 aliphatic heterocycles. The monoisotopic (exact) mass is 244 g/mol. The van der Waals surface area contributed by atoms with Gasteiger partial charge >= 0.3 is 0 Å². The second-order valence-electron chi connectivity index (χ2n) is 6.01. The van der Waals surface area contributed by atoms with Gasteiger partial charge in [0.05, 0.1) is 0 Å². The number of carbonyl (C=O) groups is 1. The Labute approximate surface area is 111 Å². The van der Waals surface area contributed by atoms with Crippen molar-refractivity contribution < 1.29 is 4.79 Å². The van der Waals surface area contributed by atoms with Gasteiger partial charge in [0, 0.05) is 11.5 Å². The van der Waals surface area contributed by atoms with Crippen LogP contribution in [0.3, 0.4) is 0 Å². The molecule has 0 heterocycles. The normalized spacial score (nSPS) is 23.4. The molecule has 1 aromatic carbocycles. The molecule has 1 saturated carbocycles. The quantitative estimate of drug-likeness (QED) is 0.698. The third-order valence-corrected chi connectivity index (χ3v) is 4.81. The van der Waals surface area contributed by atoms with Crippen LogP contribution in [0.15, 0.2) is 6.07 Å². The molecule has 18 heavy (non-hydrogen) atoms. The van der Waals surface area contributed by atoms with Gasteiger partial charge in [-0.3, -0.25) is 4.79 Å². The van der Waals surface area contributed by atoms with Crippen LogP contribution in [0.4, 0.5) is 0 Å². The van der Waals surface area contributed by atoms with Crippen LogP contribution < -0.4 is 0 Å². The highest BCUT2D eigenvalue weighted by atomic mass is 16.1. The Kier molecular flexibility index (Phi) is 3.61. The van der Waals surface area contributed by atoms with E-state index in [4.69, 9.17) is 0 Å². The number of carbonyl (C=O) groups excluding carboxylic acids is 1. The van der Waals surface area contributed by atoms with Crippen molar-refractivity contribution in [3.8, 4) is 0 Å². The minimum absolute atomic E-state index is 0.253. The van der Waals surface area contributed by atoms with E-state index in [0.717, 1.165) is 12.0 Å². The van der Waals surface area contributed by atoms with Gasteiger partial charge in [-0.15, -0.1) is 0 Å². The first-order valence-electron chi connectivity index (χ1n) is 7.05. The highest BCUT2D eigenvalue weighted by Gasteiger charge is 2.32. The first-order chi connectivity index (χ1) is 8.43. The van der Waals surface area contributed by atoms with Crippen LogP contribution >= 0.6 is 0 Å². The smallest absolute Gasteiger partial charge is 0.166 e. The van der Waals surface area contributed by atoms with E-state index in [2.05, 4.69) is 40.7 Å². The van der Waals surface area contributed by atoms with E-state index in [9.17, 15) is 4.79 Å². The Balaban J connectivity index is 2.47. The molecule has 0 amide bonds. The molecule has 1 aliphatic carbocycles. The van der Waals surface area contributed by atoms with E-state index in [0.29, 0.717) is 11.7 Å². The highest BCUT2D eigenvalue weighted by Crippen LogP contribution is 2.35. The summed E-state index contributed by atoms with van der Waals surface area (Å²) in [5.41, 5.74) is 5.86. The van der Waals surface area contributed by atoms with Crippen molar-refractivity contribution in [2.75, 3.05) is 0 Å². The van der Waals surface area contributed by atoms with Crippen LogP contribution in [0, 0.1) is 39.5 Å². The molecule has 0 bridgehead atoms. The minimum atomic E-state index is 0.253. The van der Waals surface area contributed by atoms with Gasteiger partial charge in [-0.1, -0.05) is 19.4 Å². The van der Waals surface area contributed by atoms with Gasteiger partial charge < -0.3 is 0 Å². The molecular weight excluding hydrogens is 220 g/mol. The Morgan fingerprint density at radius 2 is 1.61 bits per heavy atom. The van der Waals surface area contributed by atoms with E-state index in [-0.39, 0.29) is 5.92 Å². The summed E-state index contributed by atoms with van der Waals surface area (Å²) in [6, 6.07) is 2.19. The molecule has 2 atom stereocenters. The van der Waals surface area contributed by atoms with Gasteiger partial charge in [-0.25, -0.2) is 0 Å². The number of Topliss-reactive ketones (excluding diaryl/α,β-unsaturated/α-hetero) is 1. The molecular formula is C17H24O. The van der Waals surface area contributed by atoms with Gasteiger partial charge in [0.2, 0.25) is 0 Å². The number of aryl methyl sites for hydroxylation is 2. The lowest BCUT2D eigenvalue weighted by atomic mass is 9.83.